The number of unbranched alkanes of at least 4 members (excludes halogenated alkanes) is 4. The second-order valence-corrected chi connectivity index (χ2v) is 3.05. The number of carbonyl (C=O) groups is 2. The van der Waals surface area contributed by atoms with Crippen LogP contribution in [0.5, 0.6) is 0 Å². The Morgan fingerprint density at radius 1 is 1.21 bits per heavy atom. The van der Waals surface area contributed by atoms with E-state index in [-0.39, 0.29) is 6.42 Å². The van der Waals surface area contributed by atoms with Crippen LogP contribution in [-0.4, -0.2) is 17.2 Å². The number of carbonyl (C=O) groups excluding carboxylic acids is 1. The van der Waals surface area contributed by atoms with E-state index in [2.05, 4.69) is 11.8 Å². The third-order valence-electron chi connectivity index (χ3n) is 1.74. The van der Waals surface area contributed by atoms with E-state index in [1.807, 2.05) is 0 Å². The maximum absolute atomic E-state index is 10.8. The Morgan fingerprint density at radius 2 is 1.86 bits per heavy atom. The van der Waals surface area contributed by atoms with Crippen molar-refractivity contribution in [2.45, 2.75) is 45.4 Å². The van der Waals surface area contributed by atoms with Gasteiger partial charge in [0, 0.05) is 6.42 Å². The van der Waals surface area contributed by atoms with Gasteiger partial charge in [-0.1, -0.05) is 32.6 Å². The summed E-state index contributed by atoms with van der Waals surface area (Å²) in [6.07, 6.45) is 4.08. The summed E-state index contributed by atoms with van der Waals surface area (Å²) in [7, 11) is 0. The molecule has 0 heterocycles. The number of rotatable bonds is 6. The highest BCUT2D eigenvalue weighted by atomic mass is 16.7. The molecule has 1 amide bonds. The van der Waals surface area contributed by atoms with Crippen molar-refractivity contribution in [3.63, 3.8) is 0 Å². The number of amides is 1. The van der Waals surface area contributed by atoms with E-state index < -0.39 is 12.1 Å². The smallest absolute Gasteiger partial charge is 0.438 e. The van der Waals surface area contributed by atoms with Gasteiger partial charge in [0.25, 0.3) is 0 Å². The Hall–Kier alpha value is -1.26. The van der Waals surface area contributed by atoms with Crippen LogP contribution >= 0.6 is 0 Å². The van der Waals surface area contributed by atoms with Crippen LogP contribution in [-0.2, 0) is 9.63 Å². The quantitative estimate of drug-likeness (QED) is 0.512. The van der Waals surface area contributed by atoms with E-state index in [1.54, 1.807) is 5.48 Å². The molecule has 0 rings (SSSR count). The first-order valence-corrected chi connectivity index (χ1v) is 4.85. The Bertz CT molecular complexity index is 182. The molecule has 0 saturated heterocycles. The average molecular weight is 203 g/mol. The van der Waals surface area contributed by atoms with Crippen molar-refractivity contribution in [1.82, 2.24) is 5.48 Å². The second-order valence-electron chi connectivity index (χ2n) is 3.05. The molecule has 2 N–H and O–H groups in total. The molecule has 82 valence electrons. The lowest BCUT2D eigenvalue weighted by molar-refractivity contribution is -0.149. The van der Waals surface area contributed by atoms with Gasteiger partial charge in [-0.15, -0.1) is 5.48 Å². The summed E-state index contributed by atoms with van der Waals surface area (Å²) in [5.41, 5.74) is 1.56. The Morgan fingerprint density at radius 3 is 2.43 bits per heavy atom. The molecule has 0 spiro atoms. The van der Waals surface area contributed by atoms with Crippen molar-refractivity contribution in [3.8, 4) is 0 Å². The summed E-state index contributed by atoms with van der Waals surface area (Å²) in [6, 6.07) is 0. The Labute approximate surface area is 83.4 Å². The molecular weight excluding hydrogens is 186 g/mol. The first kappa shape index (κ1) is 12.7. The average Bonchev–Trinajstić information content (AvgIpc) is 2.14. The van der Waals surface area contributed by atoms with Crippen LogP contribution in [0.1, 0.15) is 45.4 Å². The number of hydrogen-bond donors (Lipinski definition) is 2. The summed E-state index contributed by atoms with van der Waals surface area (Å²) < 4.78 is 0. The fourth-order valence-electron chi connectivity index (χ4n) is 1.02. The molecule has 0 aromatic carbocycles. The molecule has 0 atom stereocenters. The van der Waals surface area contributed by atoms with Crippen LogP contribution in [0, 0.1) is 0 Å². The molecule has 0 aliphatic rings. The molecule has 0 saturated carbocycles. The van der Waals surface area contributed by atoms with Gasteiger partial charge in [-0.05, 0) is 6.42 Å². The summed E-state index contributed by atoms with van der Waals surface area (Å²) in [5, 5.41) is 8.12. The van der Waals surface area contributed by atoms with Crippen molar-refractivity contribution in [1.29, 1.82) is 0 Å². The minimum Gasteiger partial charge on any atom is -0.463 e. The molecule has 14 heavy (non-hydrogen) atoms. The van der Waals surface area contributed by atoms with E-state index in [0.717, 1.165) is 25.7 Å². The first-order chi connectivity index (χ1) is 6.66. The second kappa shape index (κ2) is 8.34. The number of nitrogens with one attached hydrogen (secondary N) is 1. The first-order valence-electron chi connectivity index (χ1n) is 4.85. The van der Waals surface area contributed by atoms with Crippen LogP contribution in [0.2, 0.25) is 0 Å². The number of hydrogen-bond acceptors (Lipinski definition) is 3. The molecule has 0 aromatic heterocycles. The van der Waals surface area contributed by atoms with Gasteiger partial charge < -0.3 is 9.94 Å². The van der Waals surface area contributed by atoms with E-state index in [0.29, 0.717) is 0 Å². The Balaban J connectivity index is 3.22. The molecule has 0 unspecified atom stereocenters. The van der Waals surface area contributed by atoms with E-state index >= 15 is 0 Å². The molecule has 5 heteroatoms. The maximum Gasteiger partial charge on any atom is 0.438 e. The fourth-order valence-corrected chi connectivity index (χ4v) is 1.02. The molecule has 5 nitrogen and oxygen atoms in total. The number of hydroxylamine groups is 1. The minimum atomic E-state index is -1.36. The summed E-state index contributed by atoms with van der Waals surface area (Å²) in [6.45, 7) is 2.12. The van der Waals surface area contributed by atoms with Crippen molar-refractivity contribution < 1.29 is 19.5 Å². The summed E-state index contributed by atoms with van der Waals surface area (Å²) >= 11 is 0. The monoisotopic (exact) mass is 203 g/mol. The van der Waals surface area contributed by atoms with Crippen LogP contribution in [0.4, 0.5) is 4.79 Å². The minimum absolute atomic E-state index is 0.268. The van der Waals surface area contributed by atoms with Gasteiger partial charge in [-0.2, -0.15) is 0 Å². The maximum atomic E-state index is 10.8. The molecule has 0 radical (unpaired) electrons. The van der Waals surface area contributed by atoms with Crippen LogP contribution in [0.25, 0.3) is 0 Å². The topological polar surface area (TPSA) is 75.6 Å². The summed E-state index contributed by atoms with van der Waals surface area (Å²) in [4.78, 5) is 25.0. The zero-order chi connectivity index (χ0) is 10.8. The largest absolute Gasteiger partial charge is 0.463 e. The van der Waals surface area contributed by atoms with Crippen molar-refractivity contribution in [2.24, 2.45) is 0 Å². The Kier molecular flexibility index (Phi) is 7.59. The number of carboxylic acid groups (broad SMARTS) is 1. The fraction of sp³-hybridized carbons (Fsp3) is 0.778. The molecule has 0 aliphatic carbocycles. The van der Waals surface area contributed by atoms with Crippen molar-refractivity contribution >= 4 is 12.1 Å². The predicted octanol–water partition coefficient (Wildman–Crippen LogP) is 2.07. The van der Waals surface area contributed by atoms with Gasteiger partial charge >= 0.3 is 12.1 Å². The lowest BCUT2D eigenvalue weighted by Gasteiger charge is -2.01. The normalized spacial score (nSPS) is 9.50. The van der Waals surface area contributed by atoms with Crippen molar-refractivity contribution in [2.75, 3.05) is 0 Å². The zero-order valence-electron chi connectivity index (χ0n) is 8.41. The van der Waals surface area contributed by atoms with Crippen molar-refractivity contribution in [3.05, 3.63) is 0 Å². The highest BCUT2D eigenvalue weighted by Gasteiger charge is 2.04. The SMILES string of the molecule is CCCCCCCC(=O)ONC(=O)O. The third-order valence-corrected chi connectivity index (χ3v) is 1.74. The van der Waals surface area contributed by atoms with Gasteiger partial charge in [0.1, 0.15) is 0 Å². The summed E-state index contributed by atoms with van der Waals surface area (Å²) in [5.74, 6) is -0.524. The third kappa shape index (κ3) is 8.83. The van der Waals surface area contributed by atoms with Crippen LogP contribution in [0.15, 0.2) is 0 Å². The molecule has 0 aliphatic heterocycles. The lowest BCUT2D eigenvalue weighted by Crippen LogP contribution is -2.24. The highest BCUT2D eigenvalue weighted by Crippen LogP contribution is 2.05. The highest BCUT2D eigenvalue weighted by molar-refractivity contribution is 5.72. The van der Waals surface area contributed by atoms with Crippen LogP contribution in [0.3, 0.4) is 0 Å². The van der Waals surface area contributed by atoms with E-state index in [9.17, 15) is 9.59 Å². The van der Waals surface area contributed by atoms with Gasteiger partial charge in [0.2, 0.25) is 0 Å². The lowest BCUT2D eigenvalue weighted by atomic mass is 10.1. The van der Waals surface area contributed by atoms with E-state index in [1.165, 1.54) is 6.42 Å². The van der Waals surface area contributed by atoms with Gasteiger partial charge in [-0.25, -0.2) is 9.59 Å². The molecular formula is C9H17NO4. The molecule has 0 aromatic rings. The van der Waals surface area contributed by atoms with Gasteiger partial charge in [0.05, 0.1) is 0 Å². The van der Waals surface area contributed by atoms with Crippen LogP contribution < -0.4 is 5.48 Å². The molecule has 0 bridgehead atoms. The zero-order valence-corrected chi connectivity index (χ0v) is 8.41. The predicted molar refractivity (Wildman–Crippen MR) is 50.6 cm³/mol. The van der Waals surface area contributed by atoms with Gasteiger partial charge in [-0.3, -0.25) is 0 Å². The van der Waals surface area contributed by atoms with Gasteiger partial charge in [0.15, 0.2) is 0 Å². The van der Waals surface area contributed by atoms with E-state index in [4.69, 9.17) is 5.11 Å². The standard InChI is InChI=1S/C9H17NO4/c1-2-3-4-5-6-7-8(11)14-10-9(12)13/h10H,2-7H2,1H3,(H,12,13). The molecule has 0 fully saturated rings.